The van der Waals surface area contributed by atoms with Gasteiger partial charge in [0.25, 0.3) is 0 Å². The highest BCUT2D eigenvalue weighted by molar-refractivity contribution is 7.84. The minimum absolute atomic E-state index is 0.144. The molecule has 0 aromatic rings. The van der Waals surface area contributed by atoms with Gasteiger partial charge >= 0.3 is 0 Å². The normalized spacial score (nSPS) is 14.7. The summed E-state index contributed by atoms with van der Waals surface area (Å²) in [5.41, 5.74) is 0.340. The minimum Gasteiger partial charge on any atom is -0.344 e. The van der Waals surface area contributed by atoms with Gasteiger partial charge in [-0.15, -0.1) is 0 Å². The molecule has 34 heavy (non-hydrogen) atoms. The van der Waals surface area contributed by atoms with Crippen LogP contribution >= 0.6 is 0 Å². The molecule has 0 saturated heterocycles. The van der Waals surface area contributed by atoms with E-state index >= 15 is 0 Å². The van der Waals surface area contributed by atoms with Crippen molar-refractivity contribution in [1.29, 1.82) is 0 Å². The van der Waals surface area contributed by atoms with Crippen LogP contribution in [0.1, 0.15) is 80.1 Å². The molecule has 4 atom stereocenters. The van der Waals surface area contributed by atoms with Crippen LogP contribution in [-0.2, 0) is 30.0 Å². The molecule has 0 aliphatic heterocycles. The summed E-state index contributed by atoms with van der Waals surface area (Å²) in [5.74, 6) is -1.30. The Kier molecular flexibility index (Phi) is 15.6. The Bertz CT molecular complexity index is 736. The molecule has 0 aliphatic rings. The topological polar surface area (TPSA) is 121 Å². The summed E-state index contributed by atoms with van der Waals surface area (Å²) in [5, 5.41) is 8.25. The zero-order chi connectivity index (χ0) is 26.4. The van der Waals surface area contributed by atoms with Crippen LogP contribution < -0.4 is 16.0 Å². The highest BCUT2D eigenvalue weighted by Gasteiger charge is 2.31. The number of nitrogens with one attached hydrogen (secondary N) is 3. The van der Waals surface area contributed by atoms with E-state index in [1.54, 1.807) is 6.92 Å². The Morgan fingerprint density at radius 1 is 0.912 bits per heavy atom. The molecule has 0 heterocycles. The van der Waals surface area contributed by atoms with Gasteiger partial charge in [-0.3, -0.25) is 23.4 Å². The third-order valence-electron chi connectivity index (χ3n) is 5.36. The number of amides is 3. The van der Waals surface area contributed by atoms with Gasteiger partial charge in [-0.05, 0) is 43.6 Å². The average Bonchev–Trinajstić information content (AvgIpc) is 2.72. The first-order valence-electron chi connectivity index (χ1n) is 12.2. The van der Waals surface area contributed by atoms with Crippen LogP contribution in [0, 0.1) is 11.8 Å². The molecule has 9 heteroatoms. The first kappa shape index (κ1) is 32.0. The SMILES string of the molecule is C=C(C)C(=O)C(CC(C)C)NC(=O)C(CCS(C)=O)NC(=O)[C@@H](NC(=O)CCCCC)C(C)C. The summed E-state index contributed by atoms with van der Waals surface area (Å²) in [6, 6.07) is -2.54. The zero-order valence-corrected chi connectivity index (χ0v) is 22.8. The fourth-order valence-electron chi connectivity index (χ4n) is 3.40. The number of carbonyl (C=O) groups is 4. The van der Waals surface area contributed by atoms with Gasteiger partial charge in [-0.2, -0.15) is 0 Å². The van der Waals surface area contributed by atoms with Crippen molar-refractivity contribution in [3.8, 4) is 0 Å². The summed E-state index contributed by atoms with van der Waals surface area (Å²) in [6.45, 7) is 14.9. The van der Waals surface area contributed by atoms with E-state index in [0.29, 0.717) is 18.4 Å². The molecule has 3 N–H and O–H groups in total. The molecule has 0 aliphatic carbocycles. The first-order valence-corrected chi connectivity index (χ1v) is 13.9. The molecule has 3 amide bonds. The number of hydrogen-bond acceptors (Lipinski definition) is 5. The van der Waals surface area contributed by atoms with Crippen molar-refractivity contribution in [1.82, 2.24) is 16.0 Å². The predicted molar refractivity (Wildman–Crippen MR) is 138 cm³/mol. The molecule has 0 saturated carbocycles. The molecule has 0 spiro atoms. The number of hydrogen-bond donors (Lipinski definition) is 3. The van der Waals surface area contributed by atoms with Gasteiger partial charge in [0.1, 0.15) is 12.1 Å². The Morgan fingerprint density at radius 3 is 1.97 bits per heavy atom. The van der Waals surface area contributed by atoms with Gasteiger partial charge in [0.2, 0.25) is 17.7 Å². The molecule has 0 fully saturated rings. The van der Waals surface area contributed by atoms with Crippen molar-refractivity contribution in [3.05, 3.63) is 12.2 Å². The number of carbonyl (C=O) groups excluding carboxylic acids is 4. The highest BCUT2D eigenvalue weighted by Crippen LogP contribution is 2.11. The van der Waals surface area contributed by atoms with Crippen LogP contribution in [0.25, 0.3) is 0 Å². The van der Waals surface area contributed by atoms with Crippen LogP contribution in [-0.4, -0.2) is 57.8 Å². The number of ketones is 1. The van der Waals surface area contributed by atoms with Crippen molar-refractivity contribution in [3.63, 3.8) is 0 Å². The Labute approximate surface area is 207 Å². The predicted octanol–water partition coefficient (Wildman–Crippen LogP) is 2.64. The fourth-order valence-corrected chi connectivity index (χ4v) is 3.97. The van der Waals surface area contributed by atoms with Gasteiger partial charge in [-0.1, -0.05) is 54.0 Å². The van der Waals surface area contributed by atoms with E-state index in [1.165, 1.54) is 6.26 Å². The second kappa shape index (κ2) is 16.6. The van der Waals surface area contributed by atoms with Gasteiger partial charge in [0.15, 0.2) is 5.78 Å². The van der Waals surface area contributed by atoms with E-state index in [9.17, 15) is 23.4 Å². The monoisotopic (exact) mass is 499 g/mol. The Hall–Kier alpha value is -2.03. The molecule has 0 radical (unpaired) electrons. The van der Waals surface area contributed by atoms with Crippen LogP contribution in [0.4, 0.5) is 0 Å². The summed E-state index contributed by atoms with van der Waals surface area (Å²) in [6.07, 6.45) is 5.10. The lowest BCUT2D eigenvalue weighted by Crippen LogP contribution is -2.57. The fraction of sp³-hybridized carbons (Fsp3) is 0.760. The summed E-state index contributed by atoms with van der Waals surface area (Å²) >= 11 is 0. The summed E-state index contributed by atoms with van der Waals surface area (Å²) in [4.78, 5) is 51.0. The third-order valence-corrected chi connectivity index (χ3v) is 6.17. The zero-order valence-electron chi connectivity index (χ0n) is 22.0. The van der Waals surface area contributed by atoms with E-state index in [-0.39, 0.29) is 35.7 Å². The Morgan fingerprint density at radius 2 is 1.50 bits per heavy atom. The second-order valence-electron chi connectivity index (χ2n) is 9.71. The standard InChI is InChI=1S/C25H45N3O5S/c1-9-10-11-12-21(29)28-22(17(4)5)25(32)26-19(13-14-34(8)33)24(31)27-20(15-16(2)3)23(30)18(6)7/h16-17,19-20,22H,6,9-15H2,1-5,7-8H3,(H,26,32)(H,27,31)(H,28,29)/t19?,20?,22-,34?/m0/s1. The maximum atomic E-state index is 13.1. The van der Waals surface area contributed by atoms with Crippen molar-refractivity contribution in [2.24, 2.45) is 11.8 Å². The first-order chi connectivity index (χ1) is 15.8. The number of rotatable bonds is 17. The smallest absolute Gasteiger partial charge is 0.243 e. The lowest BCUT2D eigenvalue weighted by molar-refractivity contribution is -0.134. The van der Waals surface area contributed by atoms with Crippen LogP contribution in [0.15, 0.2) is 12.2 Å². The summed E-state index contributed by atoms with van der Waals surface area (Å²) in [7, 11) is -1.17. The minimum atomic E-state index is -1.17. The second-order valence-corrected chi connectivity index (χ2v) is 11.3. The van der Waals surface area contributed by atoms with Crippen molar-refractivity contribution in [2.45, 2.75) is 98.2 Å². The number of unbranched alkanes of at least 4 members (excludes halogenated alkanes) is 2. The number of Topliss-reactive ketones (excluding diaryl/α,β-unsaturated/α-hetero) is 1. The maximum absolute atomic E-state index is 13.1. The molecule has 196 valence electrons. The van der Waals surface area contributed by atoms with E-state index in [4.69, 9.17) is 0 Å². The molecular weight excluding hydrogens is 454 g/mol. The molecule has 0 bridgehead atoms. The molecule has 3 unspecified atom stereocenters. The third kappa shape index (κ3) is 13.0. The quantitative estimate of drug-likeness (QED) is 0.210. The van der Waals surface area contributed by atoms with Crippen molar-refractivity contribution in [2.75, 3.05) is 12.0 Å². The highest BCUT2D eigenvalue weighted by atomic mass is 32.2. The van der Waals surface area contributed by atoms with Gasteiger partial charge < -0.3 is 16.0 Å². The molecule has 0 aromatic carbocycles. The lowest BCUT2D eigenvalue weighted by atomic mass is 9.96. The van der Waals surface area contributed by atoms with Crippen LogP contribution in [0.2, 0.25) is 0 Å². The maximum Gasteiger partial charge on any atom is 0.243 e. The van der Waals surface area contributed by atoms with Crippen LogP contribution in [0.3, 0.4) is 0 Å². The van der Waals surface area contributed by atoms with Crippen molar-refractivity contribution >= 4 is 34.3 Å². The van der Waals surface area contributed by atoms with Crippen molar-refractivity contribution < 1.29 is 23.4 Å². The van der Waals surface area contributed by atoms with E-state index in [1.807, 2.05) is 34.6 Å². The molecule has 8 nitrogen and oxygen atoms in total. The van der Waals surface area contributed by atoms with E-state index in [2.05, 4.69) is 22.5 Å². The molecule has 0 rings (SSSR count). The lowest BCUT2D eigenvalue weighted by Gasteiger charge is -2.27. The summed E-state index contributed by atoms with van der Waals surface area (Å²) < 4.78 is 11.7. The van der Waals surface area contributed by atoms with Gasteiger partial charge in [-0.25, -0.2) is 0 Å². The molecular formula is C25H45N3O5S. The largest absolute Gasteiger partial charge is 0.344 e. The van der Waals surface area contributed by atoms with Crippen LogP contribution in [0.5, 0.6) is 0 Å². The average molecular weight is 500 g/mol. The Balaban J connectivity index is 5.53. The van der Waals surface area contributed by atoms with Gasteiger partial charge in [0, 0.05) is 29.2 Å². The van der Waals surface area contributed by atoms with E-state index in [0.717, 1.165) is 19.3 Å². The van der Waals surface area contributed by atoms with Gasteiger partial charge in [0.05, 0.1) is 6.04 Å². The molecule has 0 aromatic heterocycles. The van der Waals surface area contributed by atoms with E-state index < -0.39 is 40.7 Å².